The summed E-state index contributed by atoms with van der Waals surface area (Å²) < 4.78 is 7.37. The van der Waals surface area contributed by atoms with E-state index in [0.29, 0.717) is 13.2 Å². The zero-order valence-corrected chi connectivity index (χ0v) is 13.1. The predicted octanol–water partition coefficient (Wildman–Crippen LogP) is 3.13. The summed E-state index contributed by atoms with van der Waals surface area (Å²) in [7, 11) is 0. The lowest BCUT2D eigenvalue weighted by molar-refractivity contribution is 0.0935. The number of para-hydroxylation sites is 1. The number of aromatic nitrogens is 1. The molecule has 1 amide bonds. The number of nitrogens with zero attached hydrogens (tertiary/aromatic N) is 1. The van der Waals surface area contributed by atoms with E-state index in [4.69, 9.17) is 4.74 Å². The van der Waals surface area contributed by atoms with E-state index in [1.54, 1.807) is 0 Å². The molecular formula is C17H24N2O2. The van der Waals surface area contributed by atoms with Crippen LogP contribution in [0.25, 0.3) is 10.9 Å². The predicted molar refractivity (Wildman–Crippen MR) is 85.8 cm³/mol. The summed E-state index contributed by atoms with van der Waals surface area (Å²) in [6, 6.07) is 8.16. The monoisotopic (exact) mass is 288 g/mol. The minimum atomic E-state index is 0.00190. The van der Waals surface area contributed by atoms with Crippen LogP contribution >= 0.6 is 0 Å². The first kappa shape index (κ1) is 15.6. The topological polar surface area (TPSA) is 43.3 Å². The third-order valence-electron chi connectivity index (χ3n) is 3.71. The molecule has 0 saturated heterocycles. The maximum Gasteiger partial charge on any atom is 0.268 e. The Balaban J connectivity index is 2.17. The van der Waals surface area contributed by atoms with Gasteiger partial charge in [0, 0.05) is 37.2 Å². The molecule has 114 valence electrons. The Labute approximate surface area is 126 Å². The lowest BCUT2D eigenvalue weighted by Gasteiger charge is -2.10. The van der Waals surface area contributed by atoms with Gasteiger partial charge in [0.15, 0.2) is 0 Å². The maximum absolute atomic E-state index is 12.5. The van der Waals surface area contributed by atoms with Crippen molar-refractivity contribution in [2.75, 3.05) is 19.8 Å². The second-order valence-corrected chi connectivity index (χ2v) is 5.04. The van der Waals surface area contributed by atoms with Crippen LogP contribution in [0.3, 0.4) is 0 Å². The molecule has 0 aliphatic rings. The number of carbonyl (C=O) groups excluding carboxylic acids is 1. The van der Waals surface area contributed by atoms with Gasteiger partial charge in [0.2, 0.25) is 0 Å². The van der Waals surface area contributed by atoms with Crippen molar-refractivity contribution >= 4 is 16.8 Å². The average molecular weight is 288 g/mol. The standard InChI is InChI=1S/C17H24N2O2/c1-4-19-15-10-7-6-9-14(15)13(3)16(19)17(20)18-11-8-12-21-5-2/h6-7,9-10H,4-5,8,11-12H2,1-3H3,(H,18,20). The number of ether oxygens (including phenoxy) is 1. The molecule has 0 saturated carbocycles. The minimum absolute atomic E-state index is 0.00190. The van der Waals surface area contributed by atoms with Crippen LogP contribution in [0.1, 0.15) is 36.3 Å². The summed E-state index contributed by atoms with van der Waals surface area (Å²) in [5, 5.41) is 4.15. The summed E-state index contributed by atoms with van der Waals surface area (Å²) in [5.74, 6) is 0.00190. The van der Waals surface area contributed by atoms with E-state index in [0.717, 1.165) is 41.7 Å². The number of hydrogen-bond donors (Lipinski definition) is 1. The molecular weight excluding hydrogens is 264 g/mol. The normalized spacial score (nSPS) is 11.0. The van der Waals surface area contributed by atoms with Crippen molar-refractivity contribution in [1.29, 1.82) is 0 Å². The van der Waals surface area contributed by atoms with Crippen LogP contribution < -0.4 is 5.32 Å². The highest BCUT2D eigenvalue weighted by atomic mass is 16.5. The number of fused-ring (bicyclic) bond motifs is 1. The van der Waals surface area contributed by atoms with E-state index in [2.05, 4.69) is 28.9 Å². The molecule has 2 aromatic rings. The Morgan fingerprint density at radius 2 is 2.05 bits per heavy atom. The molecule has 1 aromatic carbocycles. The van der Waals surface area contributed by atoms with Crippen molar-refractivity contribution < 1.29 is 9.53 Å². The molecule has 0 aliphatic heterocycles. The van der Waals surface area contributed by atoms with Crippen molar-refractivity contribution in [3.05, 3.63) is 35.5 Å². The first-order valence-corrected chi connectivity index (χ1v) is 7.64. The molecule has 0 atom stereocenters. The molecule has 1 aromatic heterocycles. The van der Waals surface area contributed by atoms with E-state index >= 15 is 0 Å². The Hall–Kier alpha value is -1.81. The summed E-state index contributed by atoms with van der Waals surface area (Å²) in [5.41, 5.74) is 2.95. The zero-order valence-electron chi connectivity index (χ0n) is 13.1. The highest BCUT2D eigenvalue weighted by molar-refractivity contribution is 6.01. The summed E-state index contributed by atoms with van der Waals surface area (Å²) >= 11 is 0. The molecule has 0 fully saturated rings. The van der Waals surface area contributed by atoms with Crippen LogP contribution in [-0.2, 0) is 11.3 Å². The van der Waals surface area contributed by atoms with Crippen molar-refractivity contribution in [3.8, 4) is 0 Å². The quantitative estimate of drug-likeness (QED) is 0.795. The Morgan fingerprint density at radius 3 is 2.76 bits per heavy atom. The molecule has 4 heteroatoms. The van der Waals surface area contributed by atoms with Crippen LogP contribution in [0.4, 0.5) is 0 Å². The third-order valence-corrected chi connectivity index (χ3v) is 3.71. The van der Waals surface area contributed by atoms with Gasteiger partial charge in [-0.2, -0.15) is 0 Å². The molecule has 0 aliphatic carbocycles. The molecule has 0 unspecified atom stereocenters. The lowest BCUT2D eigenvalue weighted by atomic mass is 10.1. The van der Waals surface area contributed by atoms with Crippen LogP contribution in [0.2, 0.25) is 0 Å². The van der Waals surface area contributed by atoms with Gasteiger partial charge in [-0.05, 0) is 38.8 Å². The van der Waals surface area contributed by atoms with Crippen LogP contribution in [0, 0.1) is 6.92 Å². The largest absolute Gasteiger partial charge is 0.382 e. The lowest BCUT2D eigenvalue weighted by Crippen LogP contribution is -2.28. The van der Waals surface area contributed by atoms with Gasteiger partial charge in [-0.3, -0.25) is 4.79 Å². The molecule has 1 heterocycles. The van der Waals surface area contributed by atoms with Crippen LogP contribution in [-0.4, -0.2) is 30.2 Å². The van der Waals surface area contributed by atoms with Gasteiger partial charge in [0.05, 0.1) is 0 Å². The molecule has 0 radical (unpaired) electrons. The van der Waals surface area contributed by atoms with Gasteiger partial charge in [-0.15, -0.1) is 0 Å². The van der Waals surface area contributed by atoms with Gasteiger partial charge in [-0.25, -0.2) is 0 Å². The third kappa shape index (κ3) is 3.27. The summed E-state index contributed by atoms with van der Waals surface area (Å²) in [6.45, 7) is 8.90. The molecule has 0 bridgehead atoms. The Kier molecular flexibility index (Phi) is 5.39. The van der Waals surface area contributed by atoms with Gasteiger partial charge < -0.3 is 14.6 Å². The Morgan fingerprint density at radius 1 is 1.29 bits per heavy atom. The molecule has 4 nitrogen and oxygen atoms in total. The van der Waals surface area contributed by atoms with Crippen molar-refractivity contribution in [2.45, 2.75) is 33.7 Å². The van der Waals surface area contributed by atoms with E-state index in [1.807, 2.05) is 26.0 Å². The van der Waals surface area contributed by atoms with Crippen LogP contribution in [0.5, 0.6) is 0 Å². The summed E-state index contributed by atoms with van der Waals surface area (Å²) in [6.07, 6.45) is 0.838. The molecule has 1 N–H and O–H groups in total. The van der Waals surface area contributed by atoms with Gasteiger partial charge in [0.25, 0.3) is 5.91 Å². The van der Waals surface area contributed by atoms with Crippen LogP contribution in [0.15, 0.2) is 24.3 Å². The first-order chi connectivity index (χ1) is 10.2. The van der Waals surface area contributed by atoms with Gasteiger partial charge in [-0.1, -0.05) is 18.2 Å². The second-order valence-electron chi connectivity index (χ2n) is 5.04. The number of rotatable bonds is 7. The number of aryl methyl sites for hydroxylation is 2. The molecule has 2 rings (SSSR count). The SMILES string of the molecule is CCOCCCNC(=O)c1c(C)c2ccccc2n1CC. The van der Waals surface area contributed by atoms with Gasteiger partial charge in [0.1, 0.15) is 5.69 Å². The molecule has 0 spiro atoms. The number of carbonyl (C=O) groups is 1. The smallest absolute Gasteiger partial charge is 0.268 e. The highest BCUT2D eigenvalue weighted by Crippen LogP contribution is 2.25. The van der Waals surface area contributed by atoms with Crippen molar-refractivity contribution in [2.24, 2.45) is 0 Å². The average Bonchev–Trinajstić information content (AvgIpc) is 2.80. The minimum Gasteiger partial charge on any atom is -0.382 e. The zero-order chi connectivity index (χ0) is 15.2. The van der Waals surface area contributed by atoms with E-state index < -0.39 is 0 Å². The van der Waals surface area contributed by atoms with Gasteiger partial charge >= 0.3 is 0 Å². The number of hydrogen-bond acceptors (Lipinski definition) is 2. The highest BCUT2D eigenvalue weighted by Gasteiger charge is 2.18. The first-order valence-electron chi connectivity index (χ1n) is 7.64. The number of amides is 1. The van der Waals surface area contributed by atoms with E-state index in [1.165, 1.54) is 0 Å². The number of benzene rings is 1. The fourth-order valence-electron chi connectivity index (χ4n) is 2.70. The van der Waals surface area contributed by atoms with E-state index in [9.17, 15) is 4.79 Å². The fraction of sp³-hybridized carbons (Fsp3) is 0.471. The van der Waals surface area contributed by atoms with Crippen molar-refractivity contribution in [1.82, 2.24) is 9.88 Å². The summed E-state index contributed by atoms with van der Waals surface area (Å²) in [4.78, 5) is 12.5. The number of nitrogens with one attached hydrogen (secondary N) is 1. The fourth-order valence-corrected chi connectivity index (χ4v) is 2.70. The second kappa shape index (κ2) is 7.27. The van der Waals surface area contributed by atoms with E-state index in [-0.39, 0.29) is 5.91 Å². The maximum atomic E-state index is 12.5. The molecule has 21 heavy (non-hydrogen) atoms. The van der Waals surface area contributed by atoms with Crippen molar-refractivity contribution in [3.63, 3.8) is 0 Å². The Bertz CT molecular complexity index is 617.